The number of hydrogen-bond donors (Lipinski definition) is 1. The van der Waals surface area contributed by atoms with E-state index in [1.807, 2.05) is 43.4 Å². The molecule has 1 unspecified atom stereocenters. The maximum Gasteiger partial charge on any atom is 0.225 e. The van der Waals surface area contributed by atoms with Gasteiger partial charge in [0.15, 0.2) is 5.96 Å². The van der Waals surface area contributed by atoms with Gasteiger partial charge in [0.1, 0.15) is 11.9 Å². The number of anilines is 1. The summed E-state index contributed by atoms with van der Waals surface area (Å²) in [6.45, 7) is 6.38. The molecule has 2 aromatic rings. The summed E-state index contributed by atoms with van der Waals surface area (Å²) in [6.07, 6.45) is 4.60. The number of nitrogens with zero attached hydrogens (tertiary/aromatic N) is 5. The molecule has 1 aromatic carbocycles. The summed E-state index contributed by atoms with van der Waals surface area (Å²) in [5, 5.41) is 3.47. The molecular formula is C20H28N6O. The molecule has 2 heterocycles. The van der Waals surface area contributed by atoms with E-state index in [4.69, 9.17) is 4.74 Å². The van der Waals surface area contributed by atoms with Crippen LogP contribution in [0.3, 0.4) is 0 Å². The van der Waals surface area contributed by atoms with Crippen LogP contribution in [0.5, 0.6) is 5.75 Å². The number of benzene rings is 1. The van der Waals surface area contributed by atoms with Gasteiger partial charge in [-0.05, 0) is 24.6 Å². The fourth-order valence-corrected chi connectivity index (χ4v) is 3.07. The lowest BCUT2D eigenvalue weighted by Crippen LogP contribution is -2.54. The number of piperazine rings is 1. The number of hydrogen-bond acceptors (Lipinski definition) is 5. The Morgan fingerprint density at radius 2 is 1.81 bits per heavy atom. The van der Waals surface area contributed by atoms with Gasteiger partial charge in [-0.2, -0.15) is 0 Å². The van der Waals surface area contributed by atoms with Crippen LogP contribution < -0.4 is 15.0 Å². The number of rotatable bonds is 6. The highest BCUT2D eigenvalue weighted by molar-refractivity contribution is 5.80. The van der Waals surface area contributed by atoms with Gasteiger partial charge in [0.2, 0.25) is 5.95 Å². The summed E-state index contributed by atoms with van der Waals surface area (Å²) < 4.78 is 6.06. The van der Waals surface area contributed by atoms with Gasteiger partial charge in [-0.15, -0.1) is 0 Å². The summed E-state index contributed by atoms with van der Waals surface area (Å²) in [7, 11) is 1.83. The number of guanidine groups is 1. The van der Waals surface area contributed by atoms with Gasteiger partial charge in [-0.3, -0.25) is 4.99 Å². The number of aliphatic imine (C=N–C) groups is 1. The van der Waals surface area contributed by atoms with E-state index in [-0.39, 0.29) is 6.10 Å². The molecule has 0 saturated carbocycles. The van der Waals surface area contributed by atoms with Crippen molar-refractivity contribution in [2.45, 2.75) is 19.4 Å². The van der Waals surface area contributed by atoms with Crippen molar-refractivity contribution in [3.63, 3.8) is 0 Å². The molecule has 27 heavy (non-hydrogen) atoms. The number of para-hydroxylation sites is 1. The largest absolute Gasteiger partial charge is 0.489 e. The molecule has 0 spiro atoms. The molecule has 7 nitrogen and oxygen atoms in total. The standard InChI is InChI=1S/C20H28N6O/c1-3-17(27-18-8-5-4-6-9-18)16-24-19(21-2)25-12-14-26(15-13-25)20-22-10-7-11-23-20/h4-11,17H,3,12-16H2,1-2H3,(H,21,24). The predicted octanol–water partition coefficient (Wildman–Crippen LogP) is 2.03. The highest BCUT2D eigenvalue weighted by Crippen LogP contribution is 2.13. The van der Waals surface area contributed by atoms with E-state index in [1.165, 1.54) is 0 Å². The van der Waals surface area contributed by atoms with Crippen molar-refractivity contribution in [1.82, 2.24) is 20.2 Å². The maximum absolute atomic E-state index is 6.06. The number of ether oxygens (including phenoxy) is 1. The van der Waals surface area contributed by atoms with Gasteiger partial charge < -0.3 is 19.9 Å². The van der Waals surface area contributed by atoms with E-state index >= 15 is 0 Å². The van der Waals surface area contributed by atoms with Crippen molar-refractivity contribution >= 4 is 11.9 Å². The second kappa shape index (κ2) is 9.75. The molecule has 3 rings (SSSR count). The Bertz CT molecular complexity index is 701. The normalized spacial score (nSPS) is 16.1. The molecule has 1 aliphatic heterocycles. The van der Waals surface area contributed by atoms with Gasteiger partial charge in [-0.1, -0.05) is 25.1 Å². The van der Waals surface area contributed by atoms with Crippen molar-refractivity contribution in [1.29, 1.82) is 0 Å². The average Bonchev–Trinajstić information content (AvgIpc) is 2.75. The third kappa shape index (κ3) is 5.32. The predicted molar refractivity (Wildman–Crippen MR) is 108 cm³/mol. The fourth-order valence-electron chi connectivity index (χ4n) is 3.07. The molecule has 1 aliphatic rings. The van der Waals surface area contributed by atoms with Crippen LogP contribution in [0.2, 0.25) is 0 Å². The molecule has 1 atom stereocenters. The summed E-state index contributed by atoms with van der Waals surface area (Å²) in [6, 6.07) is 11.8. The zero-order valence-electron chi connectivity index (χ0n) is 16.1. The molecule has 144 valence electrons. The monoisotopic (exact) mass is 368 g/mol. The minimum absolute atomic E-state index is 0.100. The Kier molecular flexibility index (Phi) is 6.84. The molecule has 0 bridgehead atoms. The zero-order valence-corrected chi connectivity index (χ0v) is 16.1. The molecule has 1 aromatic heterocycles. The highest BCUT2D eigenvalue weighted by atomic mass is 16.5. The van der Waals surface area contributed by atoms with E-state index < -0.39 is 0 Å². The summed E-state index contributed by atoms with van der Waals surface area (Å²) in [4.78, 5) is 17.6. The Labute approximate surface area is 161 Å². The lowest BCUT2D eigenvalue weighted by atomic mass is 10.2. The molecule has 1 saturated heterocycles. The topological polar surface area (TPSA) is 65.9 Å². The first-order chi connectivity index (χ1) is 13.3. The molecule has 0 aliphatic carbocycles. The van der Waals surface area contributed by atoms with Crippen LogP contribution in [0.25, 0.3) is 0 Å². The van der Waals surface area contributed by atoms with E-state index in [0.29, 0.717) is 0 Å². The minimum atomic E-state index is 0.100. The third-order valence-corrected chi connectivity index (χ3v) is 4.62. The Morgan fingerprint density at radius 3 is 2.44 bits per heavy atom. The Morgan fingerprint density at radius 1 is 1.11 bits per heavy atom. The van der Waals surface area contributed by atoms with Gasteiger partial charge in [0, 0.05) is 45.6 Å². The Balaban J connectivity index is 1.49. The molecule has 1 fully saturated rings. The van der Waals surface area contributed by atoms with Crippen molar-refractivity contribution in [2.24, 2.45) is 4.99 Å². The zero-order chi connectivity index (χ0) is 18.9. The first kappa shape index (κ1) is 18.9. The fraction of sp³-hybridized carbons (Fsp3) is 0.450. The van der Waals surface area contributed by atoms with Gasteiger partial charge in [-0.25, -0.2) is 9.97 Å². The van der Waals surface area contributed by atoms with E-state index in [2.05, 4.69) is 37.0 Å². The molecule has 7 heteroatoms. The van der Waals surface area contributed by atoms with Crippen LogP contribution in [0, 0.1) is 0 Å². The van der Waals surface area contributed by atoms with E-state index in [0.717, 1.165) is 56.8 Å². The minimum Gasteiger partial charge on any atom is -0.489 e. The number of aromatic nitrogens is 2. The van der Waals surface area contributed by atoms with Crippen LogP contribution in [0.1, 0.15) is 13.3 Å². The molecule has 0 radical (unpaired) electrons. The van der Waals surface area contributed by atoms with Gasteiger partial charge >= 0.3 is 0 Å². The van der Waals surface area contributed by atoms with Crippen LogP contribution in [0.15, 0.2) is 53.8 Å². The average molecular weight is 368 g/mol. The lowest BCUT2D eigenvalue weighted by Gasteiger charge is -2.36. The van der Waals surface area contributed by atoms with E-state index in [9.17, 15) is 0 Å². The van der Waals surface area contributed by atoms with Crippen molar-refractivity contribution in [3.05, 3.63) is 48.8 Å². The molecular weight excluding hydrogens is 340 g/mol. The third-order valence-electron chi connectivity index (χ3n) is 4.62. The van der Waals surface area contributed by atoms with Gasteiger partial charge in [0.25, 0.3) is 0 Å². The summed E-state index contributed by atoms with van der Waals surface area (Å²) in [5.74, 6) is 2.61. The van der Waals surface area contributed by atoms with Crippen molar-refractivity contribution in [3.8, 4) is 5.75 Å². The quantitative estimate of drug-likeness (QED) is 0.622. The first-order valence-corrected chi connectivity index (χ1v) is 9.49. The maximum atomic E-state index is 6.06. The summed E-state index contributed by atoms with van der Waals surface area (Å²) >= 11 is 0. The van der Waals surface area contributed by atoms with E-state index in [1.54, 1.807) is 12.4 Å². The van der Waals surface area contributed by atoms with Gasteiger partial charge in [0.05, 0.1) is 6.54 Å². The highest BCUT2D eigenvalue weighted by Gasteiger charge is 2.21. The van der Waals surface area contributed by atoms with Crippen LogP contribution in [-0.2, 0) is 0 Å². The number of nitrogens with one attached hydrogen (secondary N) is 1. The second-order valence-corrected chi connectivity index (χ2v) is 6.41. The van der Waals surface area contributed by atoms with Crippen LogP contribution in [-0.4, -0.2) is 66.7 Å². The lowest BCUT2D eigenvalue weighted by molar-refractivity contribution is 0.197. The molecule has 0 amide bonds. The van der Waals surface area contributed by atoms with Crippen molar-refractivity contribution in [2.75, 3.05) is 44.7 Å². The molecule has 1 N–H and O–H groups in total. The smallest absolute Gasteiger partial charge is 0.225 e. The second-order valence-electron chi connectivity index (χ2n) is 6.41. The SMILES string of the molecule is CCC(CNC(=NC)N1CCN(c2ncccn2)CC1)Oc1ccccc1. The summed E-state index contributed by atoms with van der Waals surface area (Å²) in [5.41, 5.74) is 0. The first-order valence-electron chi connectivity index (χ1n) is 9.49. The van der Waals surface area contributed by atoms with Crippen LogP contribution in [0.4, 0.5) is 5.95 Å². The van der Waals surface area contributed by atoms with Crippen molar-refractivity contribution < 1.29 is 4.74 Å². The van der Waals surface area contributed by atoms with Crippen LogP contribution >= 0.6 is 0 Å². The Hall–Kier alpha value is -2.83.